The maximum Gasteiger partial charge on any atom is 0.0625 e. The molecule has 1 N–H and O–H groups in total. The Kier molecular flexibility index (Phi) is 3.74. The van der Waals surface area contributed by atoms with Crippen LogP contribution in [0.2, 0.25) is 0 Å². The Morgan fingerprint density at radius 1 is 1.45 bits per heavy atom. The normalized spacial score (nSPS) is 32.4. The van der Waals surface area contributed by atoms with Crippen LogP contribution in [0.5, 0.6) is 0 Å². The molecule has 1 fully saturated rings. The van der Waals surface area contributed by atoms with Crippen molar-refractivity contribution in [3.63, 3.8) is 0 Å². The highest BCUT2D eigenvalue weighted by molar-refractivity contribution is 7.99. The minimum Gasteiger partial charge on any atom is -0.393 e. The molecular weight excluding hydrogens is 158 g/mol. The standard InChI is InChI=1S/C8H13NOS/c9-4-1-7-2-5-11-6-3-8(7)10/h7-8,10H,1-3,5-6H2/t7-,8+/m0/s1. The van der Waals surface area contributed by atoms with Gasteiger partial charge in [-0.3, -0.25) is 0 Å². The first-order chi connectivity index (χ1) is 5.34. The van der Waals surface area contributed by atoms with Gasteiger partial charge in [0.25, 0.3) is 0 Å². The smallest absolute Gasteiger partial charge is 0.0625 e. The van der Waals surface area contributed by atoms with Crippen molar-refractivity contribution in [2.24, 2.45) is 5.92 Å². The summed E-state index contributed by atoms with van der Waals surface area (Å²) in [7, 11) is 0. The van der Waals surface area contributed by atoms with Crippen LogP contribution in [-0.4, -0.2) is 22.7 Å². The molecule has 11 heavy (non-hydrogen) atoms. The predicted octanol–water partition coefficient (Wildman–Crippen LogP) is 1.40. The van der Waals surface area contributed by atoms with Gasteiger partial charge < -0.3 is 5.11 Å². The molecular formula is C8H13NOS. The predicted molar refractivity (Wildman–Crippen MR) is 46.3 cm³/mol. The van der Waals surface area contributed by atoms with Crippen LogP contribution in [0.4, 0.5) is 0 Å². The Hall–Kier alpha value is -0.200. The van der Waals surface area contributed by atoms with Gasteiger partial charge in [-0.05, 0) is 30.3 Å². The third-order valence-electron chi connectivity index (χ3n) is 2.09. The molecule has 0 bridgehead atoms. The van der Waals surface area contributed by atoms with Crippen LogP contribution in [0.3, 0.4) is 0 Å². The van der Waals surface area contributed by atoms with Gasteiger partial charge in [-0.1, -0.05) is 0 Å². The van der Waals surface area contributed by atoms with E-state index in [0.29, 0.717) is 6.42 Å². The Morgan fingerprint density at radius 3 is 2.91 bits per heavy atom. The largest absolute Gasteiger partial charge is 0.393 e. The molecule has 1 saturated heterocycles. The number of hydrogen-bond donors (Lipinski definition) is 1. The second kappa shape index (κ2) is 4.63. The Bertz CT molecular complexity index is 155. The lowest BCUT2D eigenvalue weighted by Crippen LogP contribution is -2.19. The SMILES string of the molecule is N#CC[C@H]1CCSCC[C@H]1O. The van der Waals surface area contributed by atoms with Gasteiger partial charge in [0.2, 0.25) is 0 Å². The summed E-state index contributed by atoms with van der Waals surface area (Å²) >= 11 is 1.88. The number of rotatable bonds is 1. The van der Waals surface area contributed by atoms with E-state index in [-0.39, 0.29) is 12.0 Å². The molecule has 1 rings (SSSR count). The molecule has 0 saturated carbocycles. The van der Waals surface area contributed by atoms with Gasteiger partial charge in [0.1, 0.15) is 0 Å². The topological polar surface area (TPSA) is 44.0 Å². The van der Waals surface area contributed by atoms with Crippen LogP contribution < -0.4 is 0 Å². The maximum absolute atomic E-state index is 9.52. The van der Waals surface area contributed by atoms with Crippen LogP contribution in [0.1, 0.15) is 19.3 Å². The Morgan fingerprint density at radius 2 is 2.18 bits per heavy atom. The highest BCUT2D eigenvalue weighted by Gasteiger charge is 2.20. The zero-order valence-corrected chi connectivity index (χ0v) is 7.31. The monoisotopic (exact) mass is 171 g/mol. The first-order valence-corrected chi connectivity index (χ1v) is 5.13. The lowest BCUT2D eigenvalue weighted by atomic mass is 9.95. The molecule has 0 aliphatic carbocycles. The lowest BCUT2D eigenvalue weighted by Gasteiger charge is -2.15. The van der Waals surface area contributed by atoms with Crippen molar-refractivity contribution >= 4 is 11.8 Å². The van der Waals surface area contributed by atoms with Crippen LogP contribution in [0.15, 0.2) is 0 Å². The van der Waals surface area contributed by atoms with Crippen LogP contribution in [0, 0.1) is 17.2 Å². The van der Waals surface area contributed by atoms with Crippen molar-refractivity contribution in [2.75, 3.05) is 11.5 Å². The summed E-state index contributed by atoms with van der Waals surface area (Å²) < 4.78 is 0. The van der Waals surface area contributed by atoms with Crippen LogP contribution in [0.25, 0.3) is 0 Å². The maximum atomic E-state index is 9.52. The Labute approximate surface area is 71.6 Å². The van der Waals surface area contributed by atoms with Gasteiger partial charge in [0, 0.05) is 6.42 Å². The molecule has 1 aliphatic heterocycles. The first kappa shape index (κ1) is 8.89. The number of thioether (sulfide) groups is 1. The molecule has 2 nitrogen and oxygen atoms in total. The third-order valence-corrected chi connectivity index (χ3v) is 3.14. The number of aliphatic hydroxyl groups is 1. The first-order valence-electron chi connectivity index (χ1n) is 3.97. The van der Waals surface area contributed by atoms with Crippen molar-refractivity contribution in [3.05, 3.63) is 0 Å². The number of hydrogen-bond acceptors (Lipinski definition) is 3. The minimum atomic E-state index is -0.232. The van der Waals surface area contributed by atoms with Crippen LogP contribution >= 0.6 is 11.8 Å². The van der Waals surface area contributed by atoms with E-state index in [1.54, 1.807) is 0 Å². The molecule has 0 aromatic rings. The van der Waals surface area contributed by atoms with Gasteiger partial charge in [-0.25, -0.2) is 0 Å². The molecule has 2 atom stereocenters. The summed E-state index contributed by atoms with van der Waals surface area (Å²) in [4.78, 5) is 0. The van der Waals surface area contributed by atoms with Gasteiger partial charge in [-0.2, -0.15) is 17.0 Å². The summed E-state index contributed by atoms with van der Waals surface area (Å²) in [5.41, 5.74) is 0. The second-order valence-electron chi connectivity index (χ2n) is 2.88. The molecule has 0 radical (unpaired) electrons. The van der Waals surface area contributed by atoms with E-state index in [4.69, 9.17) is 5.26 Å². The van der Waals surface area contributed by atoms with Crippen molar-refractivity contribution < 1.29 is 5.11 Å². The van der Waals surface area contributed by atoms with Gasteiger partial charge >= 0.3 is 0 Å². The molecule has 1 aliphatic rings. The number of nitrogens with zero attached hydrogens (tertiary/aromatic N) is 1. The number of nitriles is 1. The van der Waals surface area contributed by atoms with Crippen molar-refractivity contribution in [2.45, 2.75) is 25.4 Å². The molecule has 0 aromatic carbocycles. The molecule has 0 aromatic heterocycles. The van der Waals surface area contributed by atoms with Gasteiger partial charge in [0.15, 0.2) is 0 Å². The van der Waals surface area contributed by atoms with E-state index >= 15 is 0 Å². The molecule has 1 heterocycles. The summed E-state index contributed by atoms with van der Waals surface area (Å²) in [5.74, 6) is 2.38. The summed E-state index contributed by atoms with van der Waals surface area (Å²) in [6.07, 6.45) is 2.14. The Balaban J connectivity index is 2.40. The van der Waals surface area contributed by atoms with Gasteiger partial charge in [-0.15, -0.1) is 0 Å². The molecule has 0 unspecified atom stereocenters. The van der Waals surface area contributed by atoms with E-state index in [0.717, 1.165) is 24.3 Å². The molecule has 62 valence electrons. The fraction of sp³-hybridized carbons (Fsp3) is 0.875. The highest BCUT2D eigenvalue weighted by atomic mass is 32.2. The number of aliphatic hydroxyl groups excluding tert-OH is 1. The third kappa shape index (κ3) is 2.72. The quantitative estimate of drug-likeness (QED) is 0.648. The van der Waals surface area contributed by atoms with E-state index in [9.17, 15) is 5.11 Å². The second-order valence-corrected chi connectivity index (χ2v) is 4.10. The fourth-order valence-corrected chi connectivity index (χ4v) is 2.41. The lowest BCUT2D eigenvalue weighted by molar-refractivity contribution is 0.107. The average Bonchev–Trinajstić information content (AvgIpc) is 2.18. The average molecular weight is 171 g/mol. The van der Waals surface area contributed by atoms with E-state index in [1.165, 1.54) is 0 Å². The van der Waals surface area contributed by atoms with E-state index in [1.807, 2.05) is 11.8 Å². The molecule has 0 amide bonds. The summed E-state index contributed by atoms with van der Waals surface area (Å²) in [6, 6.07) is 2.13. The zero-order chi connectivity index (χ0) is 8.10. The van der Waals surface area contributed by atoms with Crippen molar-refractivity contribution in [1.29, 1.82) is 5.26 Å². The fourth-order valence-electron chi connectivity index (χ4n) is 1.32. The van der Waals surface area contributed by atoms with E-state index in [2.05, 4.69) is 6.07 Å². The van der Waals surface area contributed by atoms with Crippen LogP contribution in [-0.2, 0) is 0 Å². The van der Waals surface area contributed by atoms with Gasteiger partial charge in [0.05, 0.1) is 12.2 Å². The molecule has 3 heteroatoms. The zero-order valence-electron chi connectivity index (χ0n) is 6.49. The highest BCUT2D eigenvalue weighted by Crippen LogP contribution is 2.24. The van der Waals surface area contributed by atoms with Crippen molar-refractivity contribution in [1.82, 2.24) is 0 Å². The summed E-state index contributed by atoms with van der Waals surface area (Å²) in [5, 5.41) is 18.0. The summed E-state index contributed by atoms with van der Waals surface area (Å²) in [6.45, 7) is 0. The molecule has 0 spiro atoms. The minimum absolute atomic E-state index is 0.231. The van der Waals surface area contributed by atoms with Crippen molar-refractivity contribution in [3.8, 4) is 6.07 Å². The van der Waals surface area contributed by atoms with E-state index < -0.39 is 0 Å².